The highest BCUT2D eigenvalue weighted by Gasteiger charge is 2.45. The topological polar surface area (TPSA) is 83.9 Å². The van der Waals surface area contributed by atoms with Crippen molar-refractivity contribution in [1.82, 2.24) is 24.8 Å². The number of piperazine rings is 1. The zero-order valence-corrected chi connectivity index (χ0v) is 26.5. The van der Waals surface area contributed by atoms with E-state index in [1.54, 1.807) is 0 Å². The first kappa shape index (κ1) is 29.0. The highest BCUT2D eigenvalue weighted by atomic mass is 35.5. The second-order valence-electron chi connectivity index (χ2n) is 13.3. The number of hydrogen-bond donors (Lipinski definition) is 0. The van der Waals surface area contributed by atoms with Crippen LogP contribution in [0.4, 0.5) is 10.6 Å². The number of halogens is 1. The number of likely N-dealkylation sites (tertiary alicyclic amines) is 1. The fourth-order valence-corrected chi connectivity index (χ4v) is 7.27. The zero-order valence-electron chi connectivity index (χ0n) is 25.8. The van der Waals surface area contributed by atoms with Crippen molar-refractivity contribution in [1.29, 1.82) is 0 Å². The lowest BCUT2D eigenvalue weighted by molar-refractivity contribution is 0.0122. The van der Waals surface area contributed by atoms with E-state index >= 15 is 0 Å². The first-order chi connectivity index (χ1) is 21.1. The maximum Gasteiger partial charge on any atom is 0.410 e. The zero-order chi connectivity index (χ0) is 30.6. The molecule has 1 amide bonds. The lowest BCUT2D eigenvalue weighted by Gasteiger charge is -2.42. The van der Waals surface area contributed by atoms with E-state index in [9.17, 15) is 4.79 Å². The van der Waals surface area contributed by atoms with Crippen LogP contribution in [0.2, 0.25) is 5.02 Å². The average Bonchev–Trinajstić information content (AvgIpc) is 3.52. The molecule has 230 valence electrons. The molecule has 3 aliphatic heterocycles. The molecule has 2 aromatic heterocycles. The molecule has 0 N–H and O–H groups in total. The molecule has 0 radical (unpaired) electrons. The van der Waals surface area contributed by atoms with Gasteiger partial charge >= 0.3 is 12.1 Å². The van der Waals surface area contributed by atoms with Gasteiger partial charge in [-0.3, -0.25) is 4.90 Å². The van der Waals surface area contributed by atoms with E-state index in [1.165, 1.54) is 0 Å². The quantitative estimate of drug-likeness (QED) is 0.250. The molecule has 44 heavy (non-hydrogen) atoms. The Balaban J connectivity index is 1.26. The van der Waals surface area contributed by atoms with Gasteiger partial charge in [0.2, 0.25) is 0 Å². The van der Waals surface area contributed by atoms with Gasteiger partial charge in [0.1, 0.15) is 18.0 Å². The number of carbonyl (C=O) groups excluding carboxylic acids is 1. The predicted molar refractivity (Wildman–Crippen MR) is 174 cm³/mol. The average molecular weight is 615 g/mol. The molecule has 2 aromatic carbocycles. The van der Waals surface area contributed by atoms with E-state index in [1.807, 2.05) is 56.0 Å². The monoisotopic (exact) mass is 614 g/mol. The highest BCUT2D eigenvalue weighted by molar-refractivity contribution is 6.36. The number of benzene rings is 2. The fourth-order valence-electron chi connectivity index (χ4n) is 6.99. The van der Waals surface area contributed by atoms with Gasteiger partial charge in [0.15, 0.2) is 5.65 Å². The second-order valence-corrected chi connectivity index (χ2v) is 13.7. The number of hydrogen-bond acceptors (Lipinski definition) is 8. The molecule has 2 unspecified atom stereocenters. The summed E-state index contributed by atoms with van der Waals surface area (Å²) in [5.41, 5.74) is 1.79. The summed E-state index contributed by atoms with van der Waals surface area (Å²) in [4.78, 5) is 34.6. The van der Waals surface area contributed by atoms with E-state index < -0.39 is 5.60 Å². The van der Waals surface area contributed by atoms with Crippen LogP contribution in [0.3, 0.4) is 0 Å². The van der Waals surface area contributed by atoms with Crippen LogP contribution in [0, 0.1) is 0 Å². The van der Waals surface area contributed by atoms with Crippen LogP contribution >= 0.6 is 11.6 Å². The number of ether oxygens (including phenoxy) is 2. The van der Waals surface area contributed by atoms with Crippen molar-refractivity contribution in [2.45, 2.75) is 70.2 Å². The van der Waals surface area contributed by atoms with E-state index in [0.29, 0.717) is 42.4 Å². The molecule has 0 aliphatic carbocycles. The number of likely N-dealkylation sites (N-methyl/N-ethyl adjacent to an activating group) is 1. The van der Waals surface area contributed by atoms with E-state index in [2.05, 4.69) is 35.0 Å². The van der Waals surface area contributed by atoms with Gasteiger partial charge < -0.3 is 19.3 Å². The molecular weight excluding hydrogens is 576 g/mol. The first-order valence-electron chi connectivity index (χ1n) is 15.6. The van der Waals surface area contributed by atoms with E-state index in [-0.39, 0.29) is 18.2 Å². The molecule has 9 nitrogen and oxygen atoms in total. The molecule has 7 rings (SSSR count). The highest BCUT2D eigenvalue weighted by Crippen LogP contribution is 2.38. The minimum atomic E-state index is -0.534. The van der Waals surface area contributed by atoms with E-state index in [4.69, 9.17) is 36.0 Å². The van der Waals surface area contributed by atoms with Crippen LogP contribution in [0.1, 0.15) is 46.5 Å². The van der Waals surface area contributed by atoms with Crippen LogP contribution in [-0.4, -0.2) is 87.9 Å². The van der Waals surface area contributed by atoms with Crippen LogP contribution in [0.25, 0.3) is 33.1 Å². The Labute approximate surface area is 263 Å². The van der Waals surface area contributed by atoms with Gasteiger partial charge in [0, 0.05) is 35.1 Å². The normalized spacial score (nSPS) is 22.2. The van der Waals surface area contributed by atoms with Gasteiger partial charge in [-0.25, -0.2) is 9.78 Å². The first-order valence-corrected chi connectivity index (χ1v) is 16.0. The van der Waals surface area contributed by atoms with Crippen molar-refractivity contribution in [3.8, 4) is 17.3 Å². The minimum Gasteiger partial charge on any atom is -0.462 e. The number of carbonyl (C=O) groups is 1. The Kier molecular flexibility index (Phi) is 7.49. The Hall–Kier alpha value is -3.69. The van der Waals surface area contributed by atoms with Crippen molar-refractivity contribution in [3.05, 3.63) is 53.6 Å². The van der Waals surface area contributed by atoms with Crippen molar-refractivity contribution < 1.29 is 14.3 Å². The van der Waals surface area contributed by atoms with Gasteiger partial charge in [-0.1, -0.05) is 41.9 Å². The standard InChI is InChI=1S/C34H39ClN6O3/c1-34(2,3)44-33(42)41-22-13-14-23(41)19-40(18-22)31-26-15-16-28(25-11-5-8-21-9-6-12-27(35)29(21)25)36-30(26)37-32(38-31)43-20-24-10-7-17-39(24)4/h5-6,8-9,11-12,15-16,22-24H,7,10,13-14,17-20H2,1-4H3/t22?,23?,24-/m0/s1. The number of nitrogens with zero attached hydrogens (tertiary/aromatic N) is 6. The van der Waals surface area contributed by atoms with Crippen molar-refractivity contribution >= 4 is 45.3 Å². The molecule has 2 bridgehead atoms. The molecule has 3 fully saturated rings. The lowest BCUT2D eigenvalue weighted by atomic mass is 10.0. The van der Waals surface area contributed by atoms with Gasteiger partial charge in [-0.15, -0.1) is 0 Å². The summed E-state index contributed by atoms with van der Waals surface area (Å²) in [6.45, 7) is 8.65. The number of amides is 1. The second kappa shape index (κ2) is 11.3. The predicted octanol–water partition coefficient (Wildman–Crippen LogP) is 6.56. The largest absolute Gasteiger partial charge is 0.462 e. The Morgan fingerprint density at radius 1 is 0.977 bits per heavy atom. The van der Waals surface area contributed by atoms with Crippen molar-refractivity contribution in [3.63, 3.8) is 0 Å². The number of anilines is 1. The molecule has 3 atom stereocenters. The number of fused-ring (bicyclic) bond motifs is 4. The number of aromatic nitrogens is 3. The van der Waals surface area contributed by atoms with Gasteiger partial charge in [0.05, 0.1) is 23.2 Å². The summed E-state index contributed by atoms with van der Waals surface area (Å²) in [6, 6.07) is 16.9. The summed E-state index contributed by atoms with van der Waals surface area (Å²) in [5.74, 6) is 0.792. The molecule has 0 spiro atoms. The summed E-state index contributed by atoms with van der Waals surface area (Å²) in [5, 5.41) is 3.57. The third-order valence-corrected chi connectivity index (χ3v) is 9.43. The molecule has 3 saturated heterocycles. The molecule has 5 heterocycles. The maximum absolute atomic E-state index is 13.1. The van der Waals surface area contributed by atoms with Crippen LogP contribution in [0.5, 0.6) is 6.01 Å². The minimum absolute atomic E-state index is 0.0511. The fraction of sp³-hybridized carbons (Fsp3) is 0.471. The van der Waals surface area contributed by atoms with E-state index in [0.717, 1.165) is 65.5 Å². The van der Waals surface area contributed by atoms with Gasteiger partial charge in [-0.05, 0) is 83.6 Å². The maximum atomic E-state index is 13.1. The Bertz CT molecular complexity index is 1710. The Morgan fingerprint density at radius 3 is 2.43 bits per heavy atom. The molecular formula is C34H39ClN6O3. The third-order valence-electron chi connectivity index (χ3n) is 9.11. The van der Waals surface area contributed by atoms with Crippen LogP contribution in [0.15, 0.2) is 48.5 Å². The molecule has 3 aliphatic rings. The lowest BCUT2D eigenvalue weighted by Crippen LogP contribution is -2.57. The number of pyridine rings is 1. The SMILES string of the molecule is CN1CCC[C@H]1COc1nc(N2CC3CCC(C2)N3C(=O)OC(C)(C)C)c2ccc(-c3cccc4cccc(Cl)c34)nc2n1. The van der Waals surface area contributed by atoms with Crippen molar-refractivity contribution in [2.24, 2.45) is 0 Å². The summed E-state index contributed by atoms with van der Waals surface area (Å²) in [7, 11) is 2.14. The smallest absolute Gasteiger partial charge is 0.410 e. The molecule has 0 saturated carbocycles. The third kappa shape index (κ3) is 5.52. The van der Waals surface area contributed by atoms with Gasteiger partial charge in [0.25, 0.3) is 0 Å². The molecule has 4 aromatic rings. The van der Waals surface area contributed by atoms with Crippen LogP contribution in [-0.2, 0) is 4.74 Å². The Morgan fingerprint density at radius 2 is 1.73 bits per heavy atom. The van der Waals surface area contributed by atoms with Crippen LogP contribution < -0.4 is 9.64 Å². The summed E-state index contributed by atoms with van der Waals surface area (Å²) in [6.07, 6.45) is 3.90. The van der Waals surface area contributed by atoms with Gasteiger partial charge in [-0.2, -0.15) is 9.97 Å². The molecule has 10 heteroatoms. The number of rotatable bonds is 5. The summed E-state index contributed by atoms with van der Waals surface area (Å²) < 4.78 is 12.1. The van der Waals surface area contributed by atoms with Crippen molar-refractivity contribution in [2.75, 3.05) is 38.2 Å². The summed E-state index contributed by atoms with van der Waals surface area (Å²) >= 11 is 6.68.